The quantitative estimate of drug-likeness (QED) is 0.864. The highest BCUT2D eigenvalue weighted by molar-refractivity contribution is 5.94. The van der Waals surface area contributed by atoms with E-state index in [1.165, 1.54) is 0 Å². The minimum Gasteiger partial charge on any atom is -0.344 e. The zero-order chi connectivity index (χ0) is 16.2. The molecule has 0 unspecified atom stereocenters. The number of amides is 3. The summed E-state index contributed by atoms with van der Waals surface area (Å²) in [5, 5.41) is 9.76. The highest BCUT2D eigenvalue weighted by Crippen LogP contribution is 2.19. The van der Waals surface area contributed by atoms with Crippen molar-refractivity contribution in [2.24, 2.45) is 0 Å². The topological polar surface area (TPSA) is 79.3 Å². The van der Waals surface area contributed by atoms with Crippen LogP contribution in [0.2, 0.25) is 0 Å². The van der Waals surface area contributed by atoms with Gasteiger partial charge in [0.15, 0.2) is 0 Å². The van der Waals surface area contributed by atoms with E-state index >= 15 is 0 Å². The van der Waals surface area contributed by atoms with Crippen LogP contribution in [0.5, 0.6) is 0 Å². The van der Waals surface area contributed by atoms with Crippen molar-refractivity contribution in [1.29, 1.82) is 0 Å². The molecule has 0 spiro atoms. The highest BCUT2D eigenvalue weighted by Gasteiger charge is 2.20. The summed E-state index contributed by atoms with van der Waals surface area (Å²) in [5.41, 5.74) is 2.35. The van der Waals surface area contributed by atoms with Gasteiger partial charge in [0.2, 0.25) is 5.91 Å². The van der Waals surface area contributed by atoms with E-state index in [9.17, 15) is 9.59 Å². The van der Waals surface area contributed by atoms with Crippen LogP contribution in [-0.2, 0) is 11.3 Å². The Morgan fingerprint density at radius 1 is 1.33 bits per heavy atom. The molecule has 21 heavy (non-hydrogen) atoms. The lowest BCUT2D eigenvalue weighted by Crippen LogP contribution is -2.46. The van der Waals surface area contributed by atoms with Gasteiger partial charge in [-0.3, -0.25) is 9.48 Å². The molecule has 7 nitrogen and oxygen atoms in total. The van der Waals surface area contributed by atoms with Crippen LogP contribution in [0.15, 0.2) is 0 Å². The Balaban J connectivity index is 2.70. The largest absolute Gasteiger partial charge is 0.344 e. The summed E-state index contributed by atoms with van der Waals surface area (Å²) >= 11 is 0. The molecule has 1 aromatic rings. The van der Waals surface area contributed by atoms with Gasteiger partial charge in [0.25, 0.3) is 0 Å². The van der Waals surface area contributed by atoms with Crippen LogP contribution in [0, 0.1) is 13.8 Å². The van der Waals surface area contributed by atoms with Gasteiger partial charge in [-0.25, -0.2) is 4.79 Å². The lowest BCUT2D eigenvalue weighted by atomic mass is 10.3. The van der Waals surface area contributed by atoms with Crippen molar-refractivity contribution in [2.75, 3.05) is 18.9 Å². The first-order valence-corrected chi connectivity index (χ1v) is 7.18. The molecule has 0 aliphatic heterocycles. The lowest BCUT2D eigenvalue weighted by Gasteiger charge is -2.20. The minimum atomic E-state index is -0.572. The van der Waals surface area contributed by atoms with Gasteiger partial charge < -0.3 is 15.5 Å². The van der Waals surface area contributed by atoms with E-state index in [1.807, 2.05) is 32.4 Å². The Morgan fingerprint density at radius 2 is 1.95 bits per heavy atom. The lowest BCUT2D eigenvalue weighted by molar-refractivity contribution is -0.131. The van der Waals surface area contributed by atoms with Crippen LogP contribution in [0.3, 0.4) is 0 Å². The SMILES string of the molecule is CCN(C)C(=O)[C@@H](C)NC(=O)Nc1c(C)nn(CC)c1C. The third kappa shape index (κ3) is 3.96. The summed E-state index contributed by atoms with van der Waals surface area (Å²) in [4.78, 5) is 25.5. The molecule has 1 atom stereocenters. The van der Waals surface area contributed by atoms with Crippen LogP contribution >= 0.6 is 0 Å². The highest BCUT2D eigenvalue weighted by atomic mass is 16.2. The molecule has 0 radical (unpaired) electrons. The molecule has 0 aromatic carbocycles. The number of urea groups is 1. The monoisotopic (exact) mass is 295 g/mol. The summed E-state index contributed by atoms with van der Waals surface area (Å²) in [6.45, 7) is 10.6. The van der Waals surface area contributed by atoms with E-state index in [0.29, 0.717) is 12.2 Å². The number of hydrogen-bond donors (Lipinski definition) is 2. The summed E-state index contributed by atoms with van der Waals surface area (Å²) < 4.78 is 1.82. The van der Waals surface area contributed by atoms with Crippen molar-refractivity contribution in [1.82, 2.24) is 20.0 Å². The predicted octanol–water partition coefficient (Wildman–Crippen LogP) is 1.51. The fourth-order valence-electron chi connectivity index (χ4n) is 2.08. The van der Waals surface area contributed by atoms with Crippen LogP contribution in [-0.4, -0.2) is 46.3 Å². The number of aromatic nitrogens is 2. The summed E-state index contributed by atoms with van der Waals surface area (Å²) in [5.74, 6) is -0.120. The van der Waals surface area contributed by atoms with Crippen LogP contribution in [0.4, 0.5) is 10.5 Å². The molecule has 0 aliphatic rings. The predicted molar refractivity (Wildman–Crippen MR) is 82.3 cm³/mol. The van der Waals surface area contributed by atoms with E-state index < -0.39 is 12.1 Å². The van der Waals surface area contributed by atoms with E-state index in [1.54, 1.807) is 18.9 Å². The smallest absolute Gasteiger partial charge is 0.319 e. The molecule has 118 valence electrons. The number of anilines is 1. The van der Waals surface area contributed by atoms with E-state index in [-0.39, 0.29) is 5.91 Å². The second-order valence-corrected chi connectivity index (χ2v) is 5.03. The zero-order valence-corrected chi connectivity index (χ0v) is 13.6. The van der Waals surface area contributed by atoms with Crippen molar-refractivity contribution >= 4 is 17.6 Å². The Kier molecular flexibility index (Phi) is 5.75. The van der Waals surface area contributed by atoms with Gasteiger partial charge in [-0.15, -0.1) is 0 Å². The molecule has 2 N–H and O–H groups in total. The Hall–Kier alpha value is -2.05. The van der Waals surface area contributed by atoms with Crippen LogP contribution < -0.4 is 10.6 Å². The van der Waals surface area contributed by atoms with E-state index in [2.05, 4.69) is 15.7 Å². The third-order valence-electron chi connectivity index (χ3n) is 3.49. The number of nitrogens with zero attached hydrogens (tertiary/aromatic N) is 3. The van der Waals surface area contributed by atoms with E-state index in [4.69, 9.17) is 0 Å². The van der Waals surface area contributed by atoms with Gasteiger partial charge in [0.05, 0.1) is 17.1 Å². The first-order valence-electron chi connectivity index (χ1n) is 7.18. The fraction of sp³-hybridized carbons (Fsp3) is 0.643. The molecular weight excluding hydrogens is 270 g/mol. The second-order valence-electron chi connectivity index (χ2n) is 5.03. The molecule has 1 heterocycles. The minimum absolute atomic E-state index is 0.120. The molecule has 1 rings (SSSR count). The average molecular weight is 295 g/mol. The first kappa shape index (κ1) is 17.0. The van der Waals surface area contributed by atoms with Crippen molar-refractivity contribution in [3.8, 4) is 0 Å². The van der Waals surface area contributed by atoms with Crippen LogP contribution in [0.25, 0.3) is 0 Å². The average Bonchev–Trinajstić information content (AvgIpc) is 2.72. The number of carbonyl (C=O) groups excluding carboxylic acids is 2. The molecule has 0 saturated carbocycles. The van der Waals surface area contributed by atoms with Gasteiger partial charge in [-0.1, -0.05) is 0 Å². The van der Waals surface area contributed by atoms with Gasteiger partial charge in [0.1, 0.15) is 6.04 Å². The Labute approximate surface area is 125 Å². The molecule has 7 heteroatoms. The number of hydrogen-bond acceptors (Lipinski definition) is 3. The van der Waals surface area contributed by atoms with Crippen LogP contribution in [0.1, 0.15) is 32.2 Å². The van der Waals surface area contributed by atoms with Crippen molar-refractivity contribution in [3.63, 3.8) is 0 Å². The Morgan fingerprint density at radius 3 is 2.43 bits per heavy atom. The van der Waals surface area contributed by atoms with Crippen molar-refractivity contribution < 1.29 is 9.59 Å². The first-order chi connectivity index (χ1) is 9.81. The maximum Gasteiger partial charge on any atom is 0.319 e. The molecule has 0 aliphatic carbocycles. The Bertz CT molecular complexity index is 524. The van der Waals surface area contributed by atoms with Gasteiger partial charge in [0, 0.05) is 20.1 Å². The van der Waals surface area contributed by atoms with Gasteiger partial charge >= 0.3 is 6.03 Å². The standard InChI is InChI=1S/C14H25N5O2/c1-7-18(6)13(20)10(4)15-14(21)16-12-9(3)17-19(8-2)11(12)5/h10H,7-8H2,1-6H3,(H2,15,16,21)/t10-/m1/s1. The van der Waals surface area contributed by atoms with E-state index in [0.717, 1.165) is 17.9 Å². The maximum atomic E-state index is 12.0. The molecular formula is C14H25N5O2. The van der Waals surface area contributed by atoms with Gasteiger partial charge in [-0.05, 0) is 34.6 Å². The summed E-state index contributed by atoms with van der Waals surface area (Å²) in [7, 11) is 1.71. The molecule has 0 saturated heterocycles. The summed E-state index contributed by atoms with van der Waals surface area (Å²) in [6.07, 6.45) is 0. The number of rotatable bonds is 5. The number of nitrogens with one attached hydrogen (secondary N) is 2. The van der Waals surface area contributed by atoms with Gasteiger partial charge in [-0.2, -0.15) is 5.10 Å². The van der Waals surface area contributed by atoms with Crippen molar-refractivity contribution in [2.45, 2.75) is 47.2 Å². The third-order valence-corrected chi connectivity index (χ3v) is 3.49. The molecule has 3 amide bonds. The fourth-order valence-corrected chi connectivity index (χ4v) is 2.08. The normalized spacial score (nSPS) is 11.9. The van der Waals surface area contributed by atoms with Crippen molar-refractivity contribution in [3.05, 3.63) is 11.4 Å². The number of carbonyl (C=O) groups is 2. The number of aryl methyl sites for hydroxylation is 2. The molecule has 0 bridgehead atoms. The molecule has 1 aromatic heterocycles. The maximum absolute atomic E-state index is 12.0. The molecule has 0 fully saturated rings. The number of likely N-dealkylation sites (N-methyl/N-ethyl adjacent to an activating group) is 1. The zero-order valence-electron chi connectivity index (χ0n) is 13.6. The second kappa shape index (κ2) is 7.10. The summed E-state index contributed by atoms with van der Waals surface area (Å²) in [6, 6.07) is -0.973.